The van der Waals surface area contributed by atoms with Crippen LogP contribution in [0, 0.1) is 0 Å². The summed E-state index contributed by atoms with van der Waals surface area (Å²) in [5.74, 6) is 0.575. The van der Waals surface area contributed by atoms with E-state index in [-0.39, 0.29) is 0 Å². The molecule has 2 aromatic heterocycles. The number of aromatic nitrogens is 1. The van der Waals surface area contributed by atoms with E-state index in [2.05, 4.69) is 157 Å². The van der Waals surface area contributed by atoms with Gasteiger partial charge in [-0.25, -0.2) is 4.98 Å². The molecule has 0 amide bonds. The summed E-state index contributed by atoms with van der Waals surface area (Å²) in [6.07, 6.45) is 0. The molecule has 0 unspecified atom stereocenters. The smallest absolute Gasteiger partial charge is 0.228 e. The van der Waals surface area contributed by atoms with Gasteiger partial charge in [-0.2, -0.15) is 0 Å². The van der Waals surface area contributed by atoms with Gasteiger partial charge in [0.1, 0.15) is 16.7 Å². The predicted octanol–water partition coefficient (Wildman–Crippen LogP) is 14.0. The lowest BCUT2D eigenvalue weighted by atomic mass is 9.98. The van der Waals surface area contributed by atoms with E-state index in [4.69, 9.17) is 13.8 Å². The maximum absolute atomic E-state index is 6.47. The van der Waals surface area contributed by atoms with Crippen LogP contribution in [0.3, 0.4) is 0 Å². The number of fused-ring (bicyclic) bond motifs is 8. The lowest BCUT2D eigenvalue weighted by Gasteiger charge is -2.26. The molecule has 0 atom stereocenters. The van der Waals surface area contributed by atoms with Crippen molar-refractivity contribution in [3.63, 3.8) is 0 Å². The second-order valence-electron chi connectivity index (χ2n) is 13.6. The number of hydrogen-bond acceptors (Lipinski definition) is 4. The SMILES string of the molecule is c1ccc2cc(N(c3ccc(-c4cccc5ccccc45)cc3)c3ccc4oc5cccc(-c6nc7c(ccc8ccccc87)o6)c5c4c3)ccc2c1. The van der Waals surface area contributed by atoms with Crippen molar-refractivity contribution in [3.8, 4) is 22.6 Å². The first kappa shape index (κ1) is 29.5. The van der Waals surface area contributed by atoms with Crippen LogP contribution in [-0.2, 0) is 0 Å². The van der Waals surface area contributed by atoms with Gasteiger partial charge in [-0.15, -0.1) is 0 Å². The molecule has 0 saturated carbocycles. The molecular formula is C49H30N2O2. The summed E-state index contributed by atoms with van der Waals surface area (Å²) in [7, 11) is 0. The third-order valence-electron chi connectivity index (χ3n) is 10.5. The highest BCUT2D eigenvalue weighted by Gasteiger charge is 2.20. The van der Waals surface area contributed by atoms with Gasteiger partial charge in [0.2, 0.25) is 5.89 Å². The normalized spacial score (nSPS) is 11.8. The molecule has 0 saturated heterocycles. The first-order valence-electron chi connectivity index (χ1n) is 17.9. The Morgan fingerprint density at radius 3 is 1.87 bits per heavy atom. The third kappa shape index (κ3) is 4.80. The van der Waals surface area contributed by atoms with Crippen molar-refractivity contribution in [1.82, 2.24) is 4.98 Å². The fraction of sp³-hybridized carbons (Fsp3) is 0. The zero-order chi connectivity index (χ0) is 34.9. The second-order valence-corrected chi connectivity index (χ2v) is 13.6. The number of benzene rings is 9. The van der Waals surface area contributed by atoms with Gasteiger partial charge in [0, 0.05) is 38.8 Å². The second kappa shape index (κ2) is 11.7. The Hall–Kier alpha value is -7.17. The molecular weight excluding hydrogens is 649 g/mol. The molecule has 4 nitrogen and oxygen atoms in total. The third-order valence-corrected chi connectivity index (χ3v) is 10.5. The Kier molecular flexibility index (Phi) is 6.52. The maximum atomic E-state index is 6.47. The van der Waals surface area contributed by atoms with E-state index >= 15 is 0 Å². The van der Waals surface area contributed by atoms with Crippen LogP contribution in [0.2, 0.25) is 0 Å². The standard InChI is InChI=1S/C49H30N2O2/c1-2-12-35-29-37(25-19-31(35)9-1)51(36-23-20-34(21-24-36)40-16-7-13-32-10-3-5-14-39(32)40)38-26-28-44-43(30-38)47-42(17-8-18-45(47)52-44)49-50-48-41-15-6-4-11-33(41)22-27-46(48)53-49/h1-30H. The number of nitrogens with zero attached hydrogens (tertiary/aromatic N) is 2. The summed E-state index contributed by atoms with van der Waals surface area (Å²) in [6, 6.07) is 64.1. The van der Waals surface area contributed by atoms with E-state index in [9.17, 15) is 0 Å². The molecule has 0 spiro atoms. The van der Waals surface area contributed by atoms with Crippen molar-refractivity contribution >= 4 is 82.4 Å². The van der Waals surface area contributed by atoms with Crippen molar-refractivity contribution in [2.75, 3.05) is 4.90 Å². The monoisotopic (exact) mass is 678 g/mol. The van der Waals surface area contributed by atoms with E-state index in [0.29, 0.717) is 5.89 Å². The molecule has 0 fully saturated rings. The summed E-state index contributed by atoms with van der Waals surface area (Å²) in [5, 5.41) is 9.05. The van der Waals surface area contributed by atoms with Crippen LogP contribution in [0.5, 0.6) is 0 Å². The Morgan fingerprint density at radius 2 is 1.00 bits per heavy atom. The zero-order valence-corrected chi connectivity index (χ0v) is 28.5. The fourth-order valence-electron chi connectivity index (χ4n) is 7.94. The highest BCUT2D eigenvalue weighted by atomic mass is 16.3. The molecule has 0 radical (unpaired) electrons. The summed E-state index contributed by atoms with van der Waals surface area (Å²) < 4.78 is 12.9. The van der Waals surface area contributed by atoms with Gasteiger partial charge >= 0.3 is 0 Å². The minimum atomic E-state index is 0.575. The summed E-state index contributed by atoms with van der Waals surface area (Å²) in [5.41, 5.74) is 9.66. The Balaban J connectivity index is 1.09. The van der Waals surface area contributed by atoms with E-state index < -0.39 is 0 Å². The first-order chi connectivity index (χ1) is 26.2. The van der Waals surface area contributed by atoms with Gasteiger partial charge < -0.3 is 13.7 Å². The Morgan fingerprint density at radius 1 is 0.377 bits per heavy atom. The van der Waals surface area contributed by atoms with Crippen LogP contribution in [0.1, 0.15) is 0 Å². The number of anilines is 3. The average molecular weight is 679 g/mol. The lowest BCUT2D eigenvalue weighted by molar-refractivity contribution is 0.620. The zero-order valence-electron chi connectivity index (χ0n) is 28.5. The van der Waals surface area contributed by atoms with Crippen molar-refractivity contribution in [2.45, 2.75) is 0 Å². The number of rotatable bonds is 5. The summed E-state index contributed by atoms with van der Waals surface area (Å²) >= 11 is 0. The van der Waals surface area contributed by atoms with E-state index in [1.165, 1.54) is 32.7 Å². The largest absolute Gasteiger partial charge is 0.456 e. The van der Waals surface area contributed by atoms with Gasteiger partial charge in [0.05, 0.1) is 0 Å². The van der Waals surface area contributed by atoms with Crippen LogP contribution in [0.15, 0.2) is 191 Å². The van der Waals surface area contributed by atoms with E-state index in [0.717, 1.165) is 66.4 Å². The fourth-order valence-corrected chi connectivity index (χ4v) is 7.94. The quantitative estimate of drug-likeness (QED) is 0.182. The van der Waals surface area contributed by atoms with Gasteiger partial charge in [-0.3, -0.25) is 0 Å². The molecule has 11 aromatic rings. The van der Waals surface area contributed by atoms with Crippen molar-refractivity contribution in [1.29, 1.82) is 0 Å². The maximum Gasteiger partial charge on any atom is 0.228 e. The van der Waals surface area contributed by atoms with Crippen molar-refractivity contribution in [2.24, 2.45) is 0 Å². The molecule has 248 valence electrons. The van der Waals surface area contributed by atoms with Crippen molar-refractivity contribution < 1.29 is 8.83 Å². The number of oxazole rings is 1. The van der Waals surface area contributed by atoms with Crippen LogP contribution in [0.4, 0.5) is 17.1 Å². The molecule has 9 aromatic carbocycles. The van der Waals surface area contributed by atoms with Crippen LogP contribution in [-0.4, -0.2) is 4.98 Å². The van der Waals surface area contributed by atoms with E-state index in [1.807, 2.05) is 30.3 Å². The molecule has 0 aliphatic rings. The highest BCUT2D eigenvalue weighted by Crippen LogP contribution is 2.43. The average Bonchev–Trinajstić information content (AvgIpc) is 3.83. The van der Waals surface area contributed by atoms with Gasteiger partial charge in [-0.1, -0.05) is 121 Å². The Labute approximate surface area is 304 Å². The van der Waals surface area contributed by atoms with Crippen LogP contribution >= 0.6 is 0 Å². The number of hydrogen-bond donors (Lipinski definition) is 0. The molecule has 0 aliphatic heterocycles. The van der Waals surface area contributed by atoms with Crippen LogP contribution < -0.4 is 4.90 Å². The first-order valence-corrected chi connectivity index (χ1v) is 17.9. The topological polar surface area (TPSA) is 42.4 Å². The summed E-state index contributed by atoms with van der Waals surface area (Å²) in [4.78, 5) is 7.39. The molecule has 0 N–H and O–H groups in total. The van der Waals surface area contributed by atoms with Gasteiger partial charge in [0.25, 0.3) is 0 Å². The number of furan rings is 1. The highest BCUT2D eigenvalue weighted by molar-refractivity contribution is 6.13. The molecule has 0 bridgehead atoms. The molecule has 2 heterocycles. The predicted molar refractivity (Wildman–Crippen MR) is 219 cm³/mol. The summed E-state index contributed by atoms with van der Waals surface area (Å²) in [6.45, 7) is 0. The minimum absolute atomic E-state index is 0.575. The van der Waals surface area contributed by atoms with Crippen molar-refractivity contribution in [3.05, 3.63) is 182 Å². The van der Waals surface area contributed by atoms with E-state index in [1.54, 1.807) is 0 Å². The molecule has 4 heteroatoms. The lowest BCUT2D eigenvalue weighted by Crippen LogP contribution is -2.09. The molecule has 0 aliphatic carbocycles. The Bertz CT molecular complexity index is 3180. The van der Waals surface area contributed by atoms with Gasteiger partial charge in [-0.05, 0) is 98.7 Å². The van der Waals surface area contributed by atoms with Gasteiger partial charge in [0.15, 0.2) is 5.58 Å². The molecule has 11 rings (SSSR count). The molecule has 53 heavy (non-hydrogen) atoms. The van der Waals surface area contributed by atoms with Crippen LogP contribution in [0.25, 0.3) is 87.9 Å². The minimum Gasteiger partial charge on any atom is -0.456 e.